The molecule has 0 saturated heterocycles. The van der Waals surface area contributed by atoms with E-state index in [4.69, 9.17) is 5.73 Å². The lowest BCUT2D eigenvalue weighted by Crippen LogP contribution is -2.08. The molecule has 0 bridgehead atoms. The van der Waals surface area contributed by atoms with Gasteiger partial charge in [-0.05, 0) is 12.8 Å². The first-order valence-corrected chi connectivity index (χ1v) is 7.97. The van der Waals surface area contributed by atoms with Crippen LogP contribution in [0.3, 0.4) is 0 Å². The van der Waals surface area contributed by atoms with Gasteiger partial charge < -0.3 is 11.1 Å². The van der Waals surface area contributed by atoms with E-state index in [0.717, 1.165) is 19.1 Å². The number of nitrogens with two attached hydrogens (primary N) is 1. The average molecular weight is 294 g/mol. The largest absolute Gasteiger partial charge is 0.382 e. The second-order valence-electron chi connectivity index (χ2n) is 4.73. The number of nitrogens with zero attached hydrogens (tertiary/aromatic N) is 4. The molecule has 2 aromatic rings. The highest BCUT2D eigenvalue weighted by molar-refractivity contribution is 7.91. The van der Waals surface area contributed by atoms with Crippen LogP contribution in [-0.2, 0) is 9.84 Å². The molecular formula is C11H14N6O2S. The Morgan fingerprint density at radius 3 is 2.70 bits per heavy atom. The monoisotopic (exact) mass is 294 g/mol. The molecule has 106 valence electrons. The number of aromatic nitrogens is 4. The summed E-state index contributed by atoms with van der Waals surface area (Å²) in [6.45, 7) is 0. The fourth-order valence-corrected chi connectivity index (χ4v) is 2.79. The normalized spacial score (nSPS) is 15.2. The molecule has 0 aromatic carbocycles. The summed E-state index contributed by atoms with van der Waals surface area (Å²) in [4.78, 5) is 8.01. The molecule has 3 N–H and O–H groups in total. The van der Waals surface area contributed by atoms with Gasteiger partial charge in [-0.25, -0.2) is 13.4 Å². The van der Waals surface area contributed by atoms with Crippen LogP contribution in [0.15, 0.2) is 23.5 Å². The molecule has 8 nitrogen and oxygen atoms in total. The van der Waals surface area contributed by atoms with E-state index in [9.17, 15) is 8.42 Å². The molecule has 1 aliphatic carbocycles. The van der Waals surface area contributed by atoms with Gasteiger partial charge in [0.15, 0.2) is 26.4 Å². The van der Waals surface area contributed by atoms with Crippen LogP contribution in [-0.4, -0.2) is 40.5 Å². The molecule has 1 aliphatic rings. The van der Waals surface area contributed by atoms with Crippen molar-refractivity contribution in [2.24, 2.45) is 0 Å². The van der Waals surface area contributed by atoms with E-state index in [-0.39, 0.29) is 22.6 Å². The van der Waals surface area contributed by atoms with Crippen LogP contribution in [0.1, 0.15) is 12.8 Å². The highest BCUT2D eigenvalue weighted by atomic mass is 32.2. The van der Waals surface area contributed by atoms with Crippen molar-refractivity contribution >= 4 is 21.5 Å². The summed E-state index contributed by atoms with van der Waals surface area (Å²) < 4.78 is 25.1. The summed E-state index contributed by atoms with van der Waals surface area (Å²) in [6, 6.07) is 0.264. The lowest BCUT2D eigenvalue weighted by Gasteiger charge is -2.02. The number of nitrogens with one attached hydrogen (secondary N) is 1. The van der Waals surface area contributed by atoms with Gasteiger partial charge in [-0.1, -0.05) is 0 Å². The quantitative estimate of drug-likeness (QED) is 0.828. The van der Waals surface area contributed by atoms with Crippen molar-refractivity contribution < 1.29 is 8.42 Å². The summed E-state index contributed by atoms with van der Waals surface area (Å²) in [5.74, 6) is 0.688. The third-order valence-corrected chi connectivity index (χ3v) is 4.08. The van der Waals surface area contributed by atoms with Crippen molar-refractivity contribution in [2.45, 2.75) is 23.8 Å². The van der Waals surface area contributed by atoms with Crippen molar-refractivity contribution in [1.82, 2.24) is 19.7 Å². The van der Waals surface area contributed by atoms with Gasteiger partial charge in [0, 0.05) is 24.7 Å². The lowest BCUT2D eigenvalue weighted by molar-refractivity contribution is 0.602. The Bertz CT molecular complexity index is 736. The number of sulfone groups is 1. The van der Waals surface area contributed by atoms with E-state index in [1.807, 2.05) is 0 Å². The molecule has 1 fully saturated rings. The van der Waals surface area contributed by atoms with Gasteiger partial charge in [0.2, 0.25) is 0 Å². The second kappa shape index (κ2) is 4.44. The van der Waals surface area contributed by atoms with Crippen LogP contribution in [0, 0.1) is 0 Å². The summed E-state index contributed by atoms with van der Waals surface area (Å²) in [5.41, 5.74) is 5.93. The zero-order chi connectivity index (χ0) is 14.3. The smallest absolute Gasteiger partial charge is 0.182 e. The first-order chi connectivity index (χ1) is 9.47. The van der Waals surface area contributed by atoms with Gasteiger partial charge in [0.05, 0.1) is 6.20 Å². The number of rotatable bonds is 4. The summed E-state index contributed by atoms with van der Waals surface area (Å²) in [7, 11) is -3.49. The van der Waals surface area contributed by atoms with E-state index < -0.39 is 9.84 Å². The maximum Gasteiger partial charge on any atom is 0.182 e. The molecular weight excluding hydrogens is 280 g/mol. The van der Waals surface area contributed by atoms with Crippen molar-refractivity contribution in [3.63, 3.8) is 0 Å². The molecule has 0 unspecified atom stereocenters. The van der Waals surface area contributed by atoms with Crippen molar-refractivity contribution in [2.75, 3.05) is 17.3 Å². The molecule has 9 heteroatoms. The molecule has 20 heavy (non-hydrogen) atoms. The maximum atomic E-state index is 11.9. The molecule has 1 saturated carbocycles. The van der Waals surface area contributed by atoms with Gasteiger partial charge in [-0.2, -0.15) is 4.68 Å². The molecule has 0 radical (unpaired) electrons. The number of hydrogen-bond acceptors (Lipinski definition) is 7. The van der Waals surface area contributed by atoms with Crippen LogP contribution in [0.5, 0.6) is 0 Å². The SMILES string of the molecule is CS(=O)(=O)c1c(NC2CC2)nn(-c2cnccn2)c1N. The second-order valence-corrected chi connectivity index (χ2v) is 6.68. The molecule has 3 rings (SSSR count). The zero-order valence-electron chi connectivity index (χ0n) is 10.8. The summed E-state index contributed by atoms with van der Waals surface area (Å²) >= 11 is 0. The Morgan fingerprint density at radius 2 is 2.15 bits per heavy atom. The van der Waals surface area contributed by atoms with Crippen LogP contribution in [0.4, 0.5) is 11.6 Å². The first kappa shape index (κ1) is 12.9. The standard InChI is InChI=1S/C11H14N6O2S/c1-20(18,19)9-10(12)17(8-6-13-4-5-14-8)16-11(9)15-7-2-3-7/h4-7H,2-3,12H2,1H3,(H,15,16). The lowest BCUT2D eigenvalue weighted by atomic mass is 10.5. The van der Waals surface area contributed by atoms with Crippen LogP contribution >= 0.6 is 0 Å². The van der Waals surface area contributed by atoms with Crippen molar-refractivity contribution in [3.8, 4) is 5.82 Å². The van der Waals surface area contributed by atoms with Crippen LogP contribution in [0.25, 0.3) is 5.82 Å². The van der Waals surface area contributed by atoms with Gasteiger partial charge in [0.1, 0.15) is 5.82 Å². The highest BCUT2D eigenvalue weighted by Gasteiger charge is 2.29. The van der Waals surface area contributed by atoms with Gasteiger partial charge in [0.25, 0.3) is 0 Å². The Kier molecular flexibility index (Phi) is 2.85. The van der Waals surface area contributed by atoms with E-state index in [1.165, 1.54) is 23.3 Å². The minimum absolute atomic E-state index is 0.00931. The predicted octanol–water partition coefficient (Wildman–Crippen LogP) is 0.222. The molecule has 0 spiro atoms. The fourth-order valence-electron chi connectivity index (χ4n) is 1.87. The minimum Gasteiger partial charge on any atom is -0.382 e. The highest BCUT2D eigenvalue weighted by Crippen LogP contribution is 2.32. The van der Waals surface area contributed by atoms with Crippen LogP contribution < -0.4 is 11.1 Å². The molecule has 0 amide bonds. The predicted molar refractivity (Wildman–Crippen MR) is 73.3 cm³/mol. The molecule has 2 aromatic heterocycles. The number of hydrogen-bond donors (Lipinski definition) is 2. The molecule has 0 aliphatic heterocycles. The number of anilines is 2. The summed E-state index contributed by atoms with van der Waals surface area (Å²) in [6.07, 6.45) is 7.59. The van der Waals surface area contributed by atoms with Crippen molar-refractivity contribution in [3.05, 3.63) is 18.6 Å². The van der Waals surface area contributed by atoms with Gasteiger partial charge in [-0.3, -0.25) is 4.98 Å². The van der Waals surface area contributed by atoms with Crippen LogP contribution in [0.2, 0.25) is 0 Å². The topological polar surface area (TPSA) is 116 Å². The Morgan fingerprint density at radius 1 is 1.40 bits per heavy atom. The Hall–Kier alpha value is -2.16. The van der Waals surface area contributed by atoms with Crippen molar-refractivity contribution in [1.29, 1.82) is 0 Å². The maximum absolute atomic E-state index is 11.9. The number of nitrogen functional groups attached to an aromatic ring is 1. The fraction of sp³-hybridized carbons (Fsp3) is 0.364. The Labute approximate surface area is 116 Å². The molecule has 2 heterocycles. The third kappa shape index (κ3) is 2.31. The summed E-state index contributed by atoms with van der Waals surface area (Å²) in [5, 5.41) is 7.31. The van der Waals surface area contributed by atoms with Gasteiger partial charge >= 0.3 is 0 Å². The third-order valence-electron chi connectivity index (χ3n) is 2.93. The Balaban J connectivity index is 2.15. The average Bonchev–Trinajstić information content (AvgIpc) is 3.12. The van der Waals surface area contributed by atoms with E-state index >= 15 is 0 Å². The van der Waals surface area contributed by atoms with E-state index in [2.05, 4.69) is 20.4 Å². The van der Waals surface area contributed by atoms with Gasteiger partial charge in [-0.15, -0.1) is 5.10 Å². The van der Waals surface area contributed by atoms with E-state index in [0.29, 0.717) is 5.82 Å². The minimum atomic E-state index is -3.49. The molecule has 0 atom stereocenters. The van der Waals surface area contributed by atoms with E-state index in [1.54, 1.807) is 0 Å². The zero-order valence-corrected chi connectivity index (χ0v) is 11.6. The first-order valence-electron chi connectivity index (χ1n) is 6.08.